The Hall–Kier alpha value is -2.09. The van der Waals surface area contributed by atoms with E-state index in [1.54, 1.807) is 36.3 Å². The van der Waals surface area contributed by atoms with Gasteiger partial charge in [0.05, 0.1) is 18.7 Å². The highest BCUT2D eigenvalue weighted by atomic mass is 35.5. The first-order valence-corrected chi connectivity index (χ1v) is 8.10. The molecule has 1 aromatic carbocycles. The van der Waals surface area contributed by atoms with Gasteiger partial charge in [-0.3, -0.25) is 4.98 Å². The van der Waals surface area contributed by atoms with Crippen LogP contribution < -0.4 is 10.2 Å². The SMILES string of the molecule is COc1c(Cl)cc(Cl)cc1CNn1c(-c2ccncc2)n[nH]c1=S. The molecule has 0 aliphatic rings. The maximum absolute atomic E-state index is 6.16. The molecule has 0 aliphatic heterocycles. The van der Waals surface area contributed by atoms with Crippen LogP contribution in [0.25, 0.3) is 11.4 Å². The molecule has 3 rings (SSSR count). The molecule has 124 valence electrons. The minimum Gasteiger partial charge on any atom is -0.495 e. The highest BCUT2D eigenvalue weighted by molar-refractivity contribution is 7.71. The topological polar surface area (TPSA) is 67.8 Å². The van der Waals surface area contributed by atoms with Crippen molar-refractivity contribution in [2.45, 2.75) is 6.54 Å². The second-order valence-corrected chi connectivity index (χ2v) is 6.07. The fourth-order valence-corrected chi connectivity index (χ4v) is 3.09. The van der Waals surface area contributed by atoms with Crippen molar-refractivity contribution in [3.05, 3.63) is 57.0 Å². The fourth-order valence-electron chi connectivity index (χ4n) is 2.28. The first-order chi connectivity index (χ1) is 11.6. The van der Waals surface area contributed by atoms with Gasteiger partial charge in [0.2, 0.25) is 4.77 Å². The number of halogens is 2. The highest BCUT2D eigenvalue weighted by Crippen LogP contribution is 2.32. The molecule has 0 amide bonds. The average molecular weight is 382 g/mol. The third kappa shape index (κ3) is 3.38. The molecule has 2 aromatic heterocycles. The molecule has 24 heavy (non-hydrogen) atoms. The van der Waals surface area contributed by atoms with Crippen LogP contribution in [-0.4, -0.2) is 27.0 Å². The molecule has 2 N–H and O–H groups in total. The molecule has 0 saturated carbocycles. The van der Waals surface area contributed by atoms with Crippen LogP contribution in [0, 0.1) is 4.77 Å². The van der Waals surface area contributed by atoms with Gasteiger partial charge in [-0.1, -0.05) is 23.2 Å². The Balaban J connectivity index is 1.92. The Bertz CT molecular complexity index is 910. The van der Waals surface area contributed by atoms with E-state index < -0.39 is 0 Å². The number of aromatic amines is 1. The third-order valence-corrected chi connectivity index (χ3v) is 4.10. The maximum Gasteiger partial charge on any atom is 0.214 e. The van der Waals surface area contributed by atoms with Crippen molar-refractivity contribution < 1.29 is 4.74 Å². The molecule has 0 spiro atoms. The molecular formula is C15H13Cl2N5OS. The molecule has 6 nitrogen and oxygen atoms in total. The smallest absolute Gasteiger partial charge is 0.214 e. The molecule has 0 atom stereocenters. The minimum atomic E-state index is 0.398. The zero-order valence-corrected chi connectivity index (χ0v) is 14.9. The summed E-state index contributed by atoms with van der Waals surface area (Å²) in [5.41, 5.74) is 4.89. The van der Waals surface area contributed by atoms with E-state index in [1.165, 1.54) is 0 Å². The largest absolute Gasteiger partial charge is 0.495 e. The van der Waals surface area contributed by atoms with Crippen LogP contribution in [0.1, 0.15) is 5.56 Å². The van der Waals surface area contributed by atoms with Gasteiger partial charge < -0.3 is 10.2 Å². The molecule has 9 heteroatoms. The van der Waals surface area contributed by atoms with Crippen molar-refractivity contribution in [3.63, 3.8) is 0 Å². The maximum atomic E-state index is 6.16. The van der Waals surface area contributed by atoms with E-state index in [0.717, 1.165) is 11.1 Å². The number of methoxy groups -OCH3 is 1. The van der Waals surface area contributed by atoms with Gasteiger partial charge in [0.25, 0.3) is 0 Å². The summed E-state index contributed by atoms with van der Waals surface area (Å²) in [6, 6.07) is 7.12. The van der Waals surface area contributed by atoms with E-state index in [2.05, 4.69) is 20.6 Å². The fraction of sp³-hybridized carbons (Fsp3) is 0.133. The Labute approximate surface area is 153 Å². The van der Waals surface area contributed by atoms with Crippen LogP contribution in [0.3, 0.4) is 0 Å². The number of hydrogen-bond donors (Lipinski definition) is 2. The molecule has 2 heterocycles. The standard InChI is InChI=1S/C15H13Cl2N5OS/c1-23-13-10(6-11(16)7-12(13)17)8-19-22-14(20-21-15(22)24)9-2-4-18-5-3-9/h2-7,19H,8H2,1H3,(H,21,24). The molecule has 0 radical (unpaired) electrons. The summed E-state index contributed by atoms with van der Waals surface area (Å²) in [7, 11) is 1.56. The summed E-state index contributed by atoms with van der Waals surface area (Å²) in [6.07, 6.45) is 3.38. The van der Waals surface area contributed by atoms with Gasteiger partial charge in [-0.2, -0.15) is 5.10 Å². The number of rotatable bonds is 5. The number of benzene rings is 1. The van der Waals surface area contributed by atoms with Crippen LogP contribution in [-0.2, 0) is 6.54 Å². The van der Waals surface area contributed by atoms with Gasteiger partial charge in [-0.05, 0) is 36.5 Å². The second kappa shape index (κ2) is 7.21. The van der Waals surface area contributed by atoms with Crippen LogP contribution in [0.4, 0.5) is 0 Å². The Morgan fingerprint density at radius 1 is 1.29 bits per heavy atom. The minimum absolute atomic E-state index is 0.398. The van der Waals surface area contributed by atoms with Gasteiger partial charge >= 0.3 is 0 Å². The lowest BCUT2D eigenvalue weighted by molar-refractivity contribution is 0.410. The van der Waals surface area contributed by atoms with Crippen molar-refractivity contribution in [1.82, 2.24) is 19.9 Å². The van der Waals surface area contributed by atoms with Crippen LogP contribution in [0.2, 0.25) is 10.0 Å². The Morgan fingerprint density at radius 3 is 2.75 bits per heavy atom. The van der Waals surface area contributed by atoms with Gasteiger partial charge in [0.15, 0.2) is 5.82 Å². The van der Waals surface area contributed by atoms with Crippen molar-refractivity contribution in [3.8, 4) is 17.1 Å². The van der Waals surface area contributed by atoms with Gasteiger partial charge in [-0.15, -0.1) is 0 Å². The number of nitrogens with zero attached hydrogens (tertiary/aromatic N) is 3. The third-order valence-electron chi connectivity index (χ3n) is 3.33. The van der Waals surface area contributed by atoms with E-state index in [9.17, 15) is 0 Å². The van der Waals surface area contributed by atoms with E-state index >= 15 is 0 Å². The Morgan fingerprint density at radius 2 is 2.04 bits per heavy atom. The Kier molecular flexibility index (Phi) is 5.03. The van der Waals surface area contributed by atoms with Crippen molar-refractivity contribution in [1.29, 1.82) is 0 Å². The molecule has 3 aromatic rings. The van der Waals surface area contributed by atoms with Crippen molar-refractivity contribution in [2.24, 2.45) is 0 Å². The quantitative estimate of drug-likeness (QED) is 0.652. The zero-order chi connectivity index (χ0) is 17.1. The van der Waals surface area contributed by atoms with Gasteiger partial charge in [0.1, 0.15) is 5.75 Å². The average Bonchev–Trinajstić information content (AvgIpc) is 2.94. The molecule has 0 bridgehead atoms. The lowest BCUT2D eigenvalue weighted by atomic mass is 10.2. The zero-order valence-electron chi connectivity index (χ0n) is 12.6. The normalized spacial score (nSPS) is 10.6. The van der Waals surface area contributed by atoms with Gasteiger partial charge in [0, 0.05) is 28.5 Å². The van der Waals surface area contributed by atoms with E-state index in [0.29, 0.717) is 32.9 Å². The molecule has 0 aliphatic carbocycles. The van der Waals surface area contributed by atoms with Crippen LogP contribution in [0.15, 0.2) is 36.7 Å². The first kappa shape index (κ1) is 16.8. The number of nitrogens with one attached hydrogen (secondary N) is 2. The predicted molar refractivity (Wildman–Crippen MR) is 96.7 cm³/mol. The summed E-state index contributed by atoms with van der Waals surface area (Å²) in [5.74, 6) is 1.21. The van der Waals surface area contributed by atoms with E-state index in [1.807, 2.05) is 12.1 Å². The lowest BCUT2D eigenvalue weighted by Gasteiger charge is -2.14. The van der Waals surface area contributed by atoms with Crippen molar-refractivity contribution >= 4 is 35.4 Å². The molecular weight excluding hydrogens is 369 g/mol. The number of aromatic nitrogens is 4. The van der Waals surface area contributed by atoms with E-state index in [4.69, 9.17) is 40.2 Å². The molecule has 0 fully saturated rings. The van der Waals surface area contributed by atoms with Crippen LogP contribution >= 0.6 is 35.4 Å². The summed E-state index contributed by atoms with van der Waals surface area (Å²) in [6.45, 7) is 0.398. The molecule has 0 unspecified atom stereocenters. The van der Waals surface area contributed by atoms with Crippen LogP contribution in [0.5, 0.6) is 5.75 Å². The monoisotopic (exact) mass is 381 g/mol. The van der Waals surface area contributed by atoms with Crippen molar-refractivity contribution in [2.75, 3.05) is 12.5 Å². The lowest BCUT2D eigenvalue weighted by Crippen LogP contribution is -2.16. The number of pyridine rings is 1. The summed E-state index contributed by atoms with van der Waals surface area (Å²) < 4.78 is 7.47. The first-order valence-electron chi connectivity index (χ1n) is 6.93. The summed E-state index contributed by atoms with van der Waals surface area (Å²) in [4.78, 5) is 4.00. The van der Waals surface area contributed by atoms with Gasteiger partial charge in [-0.25, -0.2) is 9.77 Å². The highest BCUT2D eigenvalue weighted by Gasteiger charge is 2.12. The number of hydrogen-bond acceptors (Lipinski definition) is 5. The summed E-state index contributed by atoms with van der Waals surface area (Å²) in [5, 5.41) is 8.00. The predicted octanol–water partition coefficient (Wildman–Crippen LogP) is 4.06. The second-order valence-electron chi connectivity index (χ2n) is 4.84. The summed E-state index contributed by atoms with van der Waals surface area (Å²) >= 11 is 17.5. The number of ether oxygens (including phenoxy) is 1. The molecule has 0 saturated heterocycles. The van der Waals surface area contributed by atoms with E-state index in [-0.39, 0.29) is 0 Å². The number of H-pyrrole nitrogens is 1.